The van der Waals surface area contributed by atoms with Crippen LogP contribution in [-0.4, -0.2) is 8.07 Å². The van der Waals surface area contributed by atoms with Gasteiger partial charge in [0.05, 0.1) is 0 Å². The molecule has 1 aliphatic rings. The zero-order chi connectivity index (χ0) is 26.9. The number of aromatic nitrogens is 1. The van der Waals surface area contributed by atoms with Crippen molar-refractivity contribution in [3.8, 4) is 33.5 Å². The van der Waals surface area contributed by atoms with Gasteiger partial charge in [-0.1, -0.05) is 61.6 Å². The molecular weight excluding hydrogens is 390 g/mol. The predicted molar refractivity (Wildman–Crippen MR) is 135 cm³/mol. The van der Waals surface area contributed by atoms with Crippen molar-refractivity contribution in [2.24, 2.45) is 7.05 Å². The monoisotopic (exact) mass is 426 g/mol. The molecule has 0 radical (unpaired) electrons. The van der Waals surface area contributed by atoms with Gasteiger partial charge in [-0.2, -0.15) is 0 Å². The largest absolute Gasteiger partial charge is 0.212 e. The first-order valence-electron chi connectivity index (χ1n) is 13.6. The summed E-state index contributed by atoms with van der Waals surface area (Å²) >= 11 is 0. The molecule has 1 aromatic heterocycles. The van der Waals surface area contributed by atoms with Gasteiger partial charge in [0, 0.05) is 25.4 Å². The van der Waals surface area contributed by atoms with Crippen LogP contribution in [0.25, 0.3) is 33.5 Å². The maximum Gasteiger partial charge on any atom is 0.212 e. The first kappa shape index (κ1) is 14.2. The third-order valence-electron chi connectivity index (χ3n) is 6.67. The average Bonchev–Trinajstić information content (AvgIpc) is 3.05. The van der Waals surface area contributed by atoms with Crippen LogP contribution in [-0.2, 0) is 7.05 Å². The van der Waals surface area contributed by atoms with Crippen LogP contribution in [0.4, 0.5) is 0 Å². The van der Waals surface area contributed by atoms with Gasteiger partial charge in [-0.15, -0.1) is 0 Å². The van der Waals surface area contributed by atoms with Crippen molar-refractivity contribution in [3.63, 3.8) is 0 Å². The van der Waals surface area contributed by atoms with Crippen LogP contribution in [0.2, 0.25) is 13.1 Å². The molecule has 2 heterocycles. The fraction of sp³-hybridized carbons (Fsp3) is 0.207. The molecule has 0 unspecified atom stereocenters. The van der Waals surface area contributed by atoms with Gasteiger partial charge in [0.15, 0.2) is 6.20 Å². The maximum atomic E-state index is 8.28. The van der Waals surface area contributed by atoms with Crippen molar-refractivity contribution in [1.82, 2.24) is 0 Å². The van der Waals surface area contributed by atoms with Crippen molar-refractivity contribution in [1.29, 1.82) is 0 Å². The predicted octanol–water partition coefficient (Wildman–Crippen LogP) is 5.57. The highest BCUT2D eigenvalue weighted by Crippen LogP contribution is 2.34. The molecule has 0 bridgehead atoms. The van der Waals surface area contributed by atoms with E-state index in [0.29, 0.717) is 11.1 Å². The number of fused-ring (bicyclic) bond motifs is 3. The van der Waals surface area contributed by atoms with Gasteiger partial charge >= 0.3 is 0 Å². The molecule has 2 heteroatoms. The summed E-state index contributed by atoms with van der Waals surface area (Å²) in [5, 5.41) is 2.72. The van der Waals surface area contributed by atoms with Gasteiger partial charge in [-0.25, -0.2) is 4.57 Å². The highest BCUT2D eigenvalue weighted by molar-refractivity contribution is 7.03. The van der Waals surface area contributed by atoms with Crippen LogP contribution >= 0.6 is 0 Å². The lowest BCUT2D eigenvalue weighted by Crippen LogP contribution is -2.49. The molecule has 0 amide bonds. The SMILES string of the molecule is [2H]C([2H])([2H])c1ccc(-c2cc(-c3ccc4c(c3)[Si](C)(C)c3ccccc3-4)c(C([2H])([2H])[2H])cc2C)[n+](C)c1. The summed E-state index contributed by atoms with van der Waals surface area (Å²) in [6.07, 6.45) is 1.62. The van der Waals surface area contributed by atoms with Gasteiger partial charge in [0.2, 0.25) is 5.69 Å². The molecule has 0 atom stereocenters. The number of pyridine rings is 1. The molecule has 0 aliphatic carbocycles. The second-order valence-corrected chi connectivity index (χ2v) is 13.4. The van der Waals surface area contributed by atoms with Crippen LogP contribution in [0.3, 0.4) is 0 Å². The molecule has 1 nitrogen and oxygen atoms in total. The summed E-state index contributed by atoms with van der Waals surface area (Å²) < 4.78 is 49.9. The third-order valence-corrected chi connectivity index (χ3v) is 10.2. The second kappa shape index (κ2) is 7.03. The Morgan fingerprint density at radius 2 is 1.55 bits per heavy atom. The van der Waals surface area contributed by atoms with Crippen LogP contribution < -0.4 is 14.9 Å². The van der Waals surface area contributed by atoms with Crippen molar-refractivity contribution in [3.05, 3.63) is 89.6 Å². The average molecular weight is 427 g/mol. The fourth-order valence-electron chi connectivity index (χ4n) is 4.98. The third kappa shape index (κ3) is 3.09. The molecule has 0 fully saturated rings. The van der Waals surface area contributed by atoms with Crippen molar-refractivity contribution >= 4 is 18.4 Å². The summed E-state index contributed by atoms with van der Waals surface area (Å²) in [4.78, 5) is 0. The zero-order valence-electron chi connectivity index (χ0n) is 24.4. The normalized spacial score (nSPS) is 17.4. The zero-order valence-corrected chi connectivity index (χ0v) is 19.4. The van der Waals surface area contributed by atoms with E-state index < -0.39 is 21.8 Å². The minimum Gasteiger partial charge on any atom is -0.201 e. The number of benzene rings is 3. The Kier molecular flexibility index (Phi) is 3.21. The first-order valence-corrected chi connectivity index (χ1v) is 13.6. The summed E-state index contributed by atoms with van der Waals surface area (Å²) in [5.41, 5.74) is 7.22. The van der Waals surface area contributed by atoms with E-state index in [2.05, 4.69) is 49.5 Å². The van der Waals surface area contributed by atoms with E-state index in [9.17, 15) is 0 Å². The lowest BCUT2D eigenvalue weighted by Gasteiger charge is -2.20. The number of rotatable bonds is 2. The van der Waals surface area contributed by atoms with E-state index in [-0.39, 0.29) is 5.56 Å². The van der Waals surface area contributed by atoms with Crippen molar-refractivity contribution in [2.45, 2.75) is 33.7 Å². The second-order valence-electron chi connectivity index (χ2n) is 9.06. The van der Waals surface area contributed by atoms with E-state index >= 15 is 0 Å². The molecule has 5 rings (SSSR count). The molecular formula is C29H30NSi+. The van der Waals surface area contributed by atoms with Crippen LogP contribution in [0, 0.1) is 20.6 Å². The molecule has 4 aromatic rings. The Hall–Kier alpha value is -2.97. The molecule has 31 heavy (non-hydrogen) atoms. The van der Waals surface area contributed by atoms with Gasteiger partial charge in [-0.3, -0.25) is 0 Å². The highest BCUT2D eigenvalue weighted by Gasteiger charge is 2.37. The molecule has 3 aromatic carbocycles. The standard InChI is InChI=1S/C29H30NSi/c1-19-11-14-27(30(4)18-19)26-17-25(20(2)15-21(26)3)22-12-13-24-23-9-7-8-10-28(23)31(5,6)29(24)16-22/h7-18H,1-6H3/q+1/i1D3,2D3. The van der Waals surface area contributed by atoms with Crippen LogP contribution in [0.15, 0.2) is 72.9 Å². The lowest BCUT2D eigenvalue weighted by molar-refractivity contribution is -0.660. The summed E-state index contributed by atoms with van der Waals surface area (Å²) in [6.45, 7) is 2.13. The first-order chi connectivity index (χ1) is 17.2. The molecule has 0 saturated heterocycles. The summed E-state index contributed by atoms with van der Waals surface area (Å²) in [6, 6.07) is 22.1. The minimum atomic E-state index is -2.28. The molecule has 0 spiro atoms. The quantitative estimate of drug-likeness (QED) is 0.291. The smallest absolute Gasteiger partial charge is 0.201 e. The molecule has 154 valence electrons. The Labute approximate surface area is 195 Å². The van der Waals surface area contributed by atoms with Crippen molar-refractivity contribution in [2.75, 3.05) is 0 Å². The summed E-state index contributed by atoms with van der Waals surface area (Å²) in [7, 11) is -0.107. The fourth-order valence-corrected chi connectivity index (χ4v) is 8.08. The molecule has 0 saturated carbocycles. The summed E-state index contributed by atoms with van der Waals surface area (Å²) in [5.74, 6) is 0. The van der Waals surface area contributed by atoms with E-state index in [1.165, 1.54) is 21.5 Å². The number of nitrogens with zero attached hydrogens (tertiary/aromatic N) is 1. The van der Waals surface area contributed by atoms with Gasteiger partial charge in [0.1, 0.15) is 15.1 Å². The van der Waals surface area contributed by atoms with Gasteiger partial charge in [-0.05, 0) is 76.5 Å². The highest BCUT2D eigenvalue weighted by atomic mass is 28.3. The number of aryl methyl sites for hydroxylation is 4. The Balaban J connectivity index is 1.72. The van der Waals surface area contributed by atoms with E-state index in [1.54, 1.807) is 29.0 Å². The van der Waals surface area contributed by atoms with Gasteiger partial charge in [0.25, 0.3) is 0 Å². The minimum absolute atomic E-state index is 0.265. The van der Waals surface area contributed by atoms with E-state index in [0.717, 1.165) is 22.4 Å². The van der Waals surface area contributed by atoms with Crippen molar-refractivity contribution < 1.29 is 12.8 Å². The Morgan fingerprint density at radius 1 is 0.742 bits per heavy atom. The molecule has 0 N–H and O–H groups in total. The Bertz CT molecular complexity index is 1550. The van der Waals surface area contributed by atoms with E-state index in [1.807, 2.05) is 26.1 Å². The van der Waals surface area contributed by atoms with Crippen LogP contribution in [0.5, 0.6) is 0 Å². The van der Waals surface area contributed by atoms with Crippen LogP contribution in [0.1, 0.15) is 24.9 Å². The topological polar surface area (TPSA) is 3.88 Å². The van der Waals surface area contributed by atoms with E-state index in [4.69, 9.17) is 8.22 Å². The lowest BCUT2D eigenvalue weighted by atomic mass is 9.92. The maximum absolute atomic E-state index is 8.28. The number of hydrogen-bond donors (Lipinski definition) is 0. The van der Waals surface area contributed by atoms with Gasteiger partial charge < -0.3 is 0 Å². The molecule has 1 aliphatic heterocycles. The number of hydrogen-bond acceptors (Lipinski definition) is 0. The Morgan fingerprint density at radius 3 is 2.32 bits per heavy atom.